The van der Waals surface area contributed by atoms with Crippen LogP contribution in [0.5, 0.6) is 5.75 Å². The summed E-state index contributed by atoms with van der Waals surface area (Å²) in [5, 5.41) is 5.14. The van der Waals surface area contributed by atoms with Gasteiger partial charge in [-0.15, -0.1) is 0 Å². The van der Waals surface area contributed by atoms with Crippen LogP contribution >= 0.6 is 22.6 Å². The molecule has 2 N–H and O–H groups in total. The van der Waals surface area contributed by atoms with Gasteiger partial charge >= 0.3 is 12.0 Å². The van der Waals surface area contributed by atoms with Gasteiger partial charge in [0.2, 0.25) is 0 Å². The van der Waals surface area contributed by atoms with Crippen molar-refractivity contribution in [2.45, 2.75) is 6.92 Å². The molecule has 0 saturated carbocycles. The van der Waals surface area contributed by atoms with Gasteiger partial charge in [-0.05, 0) is 41.6 Å². The lowest BCUT2D eigenvalue weighted by Crippen LogP contribution is -2.45. The highest BCUT2D eigenvalue weighted by molar-refractivity contribution is 14.1. The Morgan fingerprint density at radius 2 is 2.14 bits per heavy atom. The van der Waals surface area contributed by atoms with Crippen molar-refractivity contribution in [1.29, 1.82) is 0 Å². The molecule has 0 bridgehead atoms. The Hall–Kier alpha value is -1.77. The van der Waals surface area contributed by atoms with Gasteiger partial charge < -0.3 is 20.1 Å². The predicted octanol–water partition coefficient (Wildman–Crippen LogP) is 1.80. The first-order valence-corrected chi connectivity index (χ1v) is 7.51. The van der Waals surface area contributed by atoms with Crippen molar-refractivity contribution < 1.29 is 19.1 Å². The van der Waals surface area contributed by atoms with E-state index in [9.17, 15) is 9.59 Å². The molecule has 0 aromatic heterocycles. The minimum absolute atomic E-state index is 0.0988. The summed E-state index contributed by atoms with van der Waals surface area (Å²) in [7, 11) is 0. The number of amides is 2. The van der Waals surface area contributed by atoms with Crippen LogP contribution in [0, 0.1) is 3.57 Å². The molecule has 0 radical (unpaired) electrons. The maximum atomic E-state index is 11.9. The van der Waals surface area contributed by atoms with Crippen LogP contribution in [-0.4, -0.2) is 31.8 Å². The van der Waals surface area contributed by atoms with Crippen molar-refractivity contribution in [1.82, 2.24) is 10.6 Å². The molecule has 2 rings (SSSR count). The van der Waals surface area contributed by atoms with Gasteiger partial charge in [-0.1, -0.05) is 12.1 Å². The van der Waals surface area contributed by atoms with E-state index >= 15 is 0 Å². The van der Waals surface area contributed by atoms with Gasteiger partial charge in [-0.2, -0.15) is 0 Å². The lowest BCUT2D eigenvalue weighted by atomic mass is 10.1. The van der Waals surface area contributed by atoms with E-state index < -0.39 is 5.97 Å². The van der Waals surface area contributed by atoms with E-state index in [0.717, 1.165) is 3.57 Å². The van der Waals surface area contributed by atoms with Gasteiger partial charge in [0.1, 0.15) is 12.4 Å². The van der Waals surface area contributed by atoms with Crippen LogP contribution in [-0.2, 0) is 9.53 Å². The average Bonchev–Trinajstić information content (AvgIpc) is 2.46. The molecule has 6 nitrogen and oxygen atoms in total. The van der Waals surface area contributed by atoms with Crippen LogP contribution in [0.4, 0.5) is 4.79 Å². The van der Waals surface area contributed by atoms with Gasteiger partial charge in [0, 0.05) is 0 Å². The Kier molecular flexibility index (Phi) is 5.43. The fourth-order valence-corrected chi connectivity index (χ4v) is 2.32. The molecule has 0 aliphatic carbocycles. The summed E-state index contributed by atoms with van der Waals surface area (Å²) in [4.78, 5) is 23.3. The number of esters is 1. The lowest BCUT2D eigenvalue weighted by Gasteiger charge is -2.21. The summed E-state index contributed by atoms with van der Waals surface area (Å²) in [5.41, 5.74) is 0.805. The number of benzene rings is 1. The van der Waals surface area contributed by atoms with Crippen LogP contribution in [0.25, 0.3) is 0 Å². The number of rotatable bonds is 5. The number of hydrogen-bond acceptors (Lipinski definition) is 4. The van der Waals surface area contributed by atoms with Crippen LogP contribution in [0.3, 0.4) is 0 Å². The van der Waals surface area contributed by atoms with E-state index in [1.807, 2.05) is 24.3 Å². The number of carbonyl (C=O) groups is 2. The highest BCUT2D eigenvalue weighted by atomic mass is 127. The van der Waals surface area contributed by atoms with Crippen molar-refractivity contribution in [3.63, 3.8) is 0 Å². The number of ether oxygens (including phenoxy) is 2. The summed E-state index contributed by atoms with van der Waals surface area (Å²) in [5.74, 6) is 0.243. The predicted molar refractivity (Wildman–Crippen MR) is 84.8 cm³/mol. The number of nitrogens with one attached hydrogen (secondary N) is 2. The Labute approximate surface area is 136 Å². The van der Waals surface area contributed by atoms with E-state index in [1.54, 1.807) is 6.92 Å². The first-order valence-electron chi connectivity index (χ1n) is 6.43. The first-order chi connectivity index (χ1) is 10.1. The normalized spacial score (nSPS) is 14.3. The minimum atomic E-state index is -0.452. The Balaban J connectivity index is 2.14. The van der Waals surface area contributed by atoms with Crippen molar-refractivity contribution in [2.75, 3.05) is 19.8 Å². The third-order valence-corrected chi connectivity index (χ3v) is 3.68. The number of hydrogen-bond donors (Lipinski definition) is 2. The topological polar surface area (TPSA) is 76.7 Å². The molecule has 1 aliphatic heterocycles. The van der Waals surface area contributed by atoms with Gasteiger partial charge in [0.05, 0.1) is 28.0 Å². The molecule has 112 valence electrons. The molecule has 0 fully saturated rings. The number of halogens is 1. The summed E-state index contributed by atoms with van der Waals surface area (Å²) in [6.07, 6.45) is 0. The highest BCUT2D eigenvalue weighted by Gasteiger charge is 2.24. The zero-order chi connectivity index (χ0) is 15.2. The molecule has 1 aromatic rings. The molecular formula is C14H15IN2O4. The third kappa shape index (κ3) is 4.10. The zero-order valence-corrected chi connectivity index (χ0v) is 13.6. The van der Waals surface area contributed by atoms with Crippen molar-refractivity contribution in [2.24, 2.45) is 0 Å². The highest BCUT2D eigenvalue weighted by Crippen LogP contribution is 2.20. The summed E-state index contributed by atoms with van der Waals surface area (Å²) >= 11 is 2.16. The van der Waals surface area contributed by atoms with Gasteiger partial charge in [0.25, 0.3) is 0 Å². The smallest absolute Gasteiger partial charge is 0.337 e. The maximum Gasteiger partial charge on any atom is 0.337 e. The molecule has 1 aromatic carbocycles. The van der Waals surface area contributed by atoms with E-state index in [1.165, 1.54) is 0 Å². The standard InChI is InChI=1S/C14H15IN2O4/c1-2-20-13(18)9-7-16-14(19)17-11(9)8-21-12-6-4-3-5-10(12)15/h3-6H,2,7-8H2,1H3,(H2,16,17,19). The first kappa shape index (κ1) is 15.6. The average molecular weight is 402 g/mol. The van der Waals surface area contributed by atoms with Crippen molar-refractivity contribution in [3.05, 3.63) is 39.1 Å². The molecule has 2 amide bonds. The minimum Gasteiger partial charge on any atom is -0.486 e. The van der Waals surface area contributed by atoms with Crippen LogP contribution in [0.1, 0.15) is 6.92 Å². The van der Waals surface area contributed by atoms with E-state index in [0.29, 0.717) is 17.0 Å². The molecule has 1 aliphatic rings. The molecule has 0 unspecified atom stereocenters. The molecule has 21 heavy (non-hydrogen) atoms. The van der Waals surface area contributed by atoms with E-state index in [-0.39, 0.29) is 25.8 Å². The molecular weight excluding hydrogens is 387 g/mol. The Bertz CT molecular complexity index is 586. The Morgan fingerprint density at radius 3 is 2.86 bits per heavy atom. The van der Waals surface area contributed by atoms with E-state index in [4.69, 9.17) is 9.47 Å². The second kappa shape index (κ2) is 7.30. The molecule has 1 heterocycles. The van der Waals surface area contributed by atoms with Crippen molar-refractivity contribution >= 4 is 34.6 Å². The largest absolute Gasteiger partial charge is 0.486 e. The molecule has 0 saturated heterocycles. The fraction of sp³-hybridized carbons (Fsp3) is 0.286. The number of para-hydroxylation sites is 1. The third-order valence-electron chi connectivity index (χ3n) is 2.78. The van der Waals surface area contributed by atoms with Crippen LogP contribution in [0.2, 0.25) is 0 Å². The van der Waals surface area contributed by atoms with Gasteiger partial charge in [0.15, 0.2) is 0 Å². The molecule has 0 atom stereocenters. The zero-order valence-electron chi connectivity index (χ0n) is 11.4. The van der Waals surface area contributed by atoms with Crippen LogP contribution in [0.15, 0.2) is 35.5 Å². The summed E-state index contributed by atoms with van der Waals surface area (Å²) in [6.45, 7) is 2.24. The number of urea groups is 1. The maximum absolute atomic E-state index is 11.9. The van der Waals surface area contributed by atoms with Gasteiger partial charge in [-0.3, -0.25) is 0 Å². The summed E-state index contributed by atoms with van der Waals surface area (Å²) < 4.78 is 11.6. The van der Waals surface area contributed by atoms with Crippen molar-refractivity contribution in [3.8, 4) is 5.75 Å². The second-order valence-corrected chi connectivity index (χ2v) is 5.37. The van der Waals surface area contributed by atoms with Gasteiger partial charge in [-0.25, -0.2) is 9.59 Å². The lowest BCUT2D eigenvalue weighted by molar-refractivity contribution is -0.138. The quantitative estimate of drug-likeness (QED) is 0.582. The molecule has 0 spiro atoms. The Morgan fingerprint density at radius 1 is 1.38 bits per heavy atom. The second-order valence-electron chi connectivity index (χ2n) is 4.20. The fourth-order valence-electron chi connectivity index (χ4n) is 1.78. The molecule has 7 heteroatoms. The monoisotopic (exact) mass is 402 g/mol. The number of carbonyl (C=O) groups excluding carboxylic acids is 2. The van der Waals surface area contributed by atoms with Crippen LogP contribution < -0.4 is 15.4 Å². The SMILES string of the molecule is CCOC(=O)C1=C(COc2ccccc2I)NC(=O)NC1. The summed E-state index contributed by atoms with van der Waals surface area (Å²) in [6, 6.07) is 7.15. The van der Waals surface area contributed by atoms with E-state index in [2.05, 4.69) is 33.2 Å².